The van der Waals surface area contributed by atoms with Crippen molar-refractivity contribution in [3.8, 4) is 22.3 Å². The maximum Gasteiger partial charge on any atom is 0.219 e. The summed E-state index contributed by atoms with van der Waals surface area (Å²) in [7, 11) is 0. The van der Waals surface area contributed by atoms with Gasteiger partial charge in [-0.3, -0.25) is 0 Å². The highest BCUT2D eigenvalue weighted by Gasteiger charge is 2.17. The van der Waals surface area contributed by atoms with E-state index in [0.29, 0.717) is 0 Å². The van der Waals surface area contributed by atoms with E-state index in [1.54, 1.807) is 24.8 Å². The van der Waals surface area contributed by atoms with E-state index in [4.69, 9.17) is 11.5 Å². The van der Waals surface area contributed by atoms with Gasteiger partial charge in [-0.1, -0.05) is 48.5 Å². The molecule has 0 saturated carbocycles. The Kier molecular flexibility index (Phi) is 3.62. The number of benzene rings is 3. The van der Waals surface area contributed by atoms with Crippen LogP contribution < -0.4 is 11.5 Å². The molecule has 0 fully saturated rings. The third-order valence-electron chi connectivity index (χ3n) is 4.85. The van der Waals surface area contributed by atoms with Crippen LogP contribution in [0.3, 0.4) is 0 Å². The molecule has 0 amide bonds. The molecule has 0 saturated heterocycles. The van der Waals surface area contributed by atoms with Crippen LogP contribution in [0.4, 0.5) is 11.9 Å². The molecule has 2 aromatic heterocycles. The van der Waals surface area contributed by atoms with Crippen LogP contribution >= 0.6 is 0 Å². The number of hydrogen-bond donors (Lipinski definition) is 2. The third-order valence-corrected chi connectivity index (χ3v) is 4.85. The minimum absolute atomic E-state index is 0.257. The molecule has 2 heterocycles. The molecule has 0 atom stereocenters. The Hall–Kier alpha value is -4.06. The average Bonchev–Trinajstić information content (AvgIpc) is 2.74. The first-order valence-corrected chi connectivity index (χ1v) is 8.81. The fourth-order valence-electron chi connectivity index (χ4n) is 3.68. The van der Waals surface area contributed by atoms with Gasteiger partial charge in [0.25, 0.3) is 0 Å². The molecule has 0 aliphatic rings. The van der Waals surface area contributed by atoms with Crippen molar-refractivity contribution in [3.63, 3.8) is 0 Å². The third kappa shape index (κ3) is 2.51. The number of rotatable bonds is 2. The first-order chi connectivity index (χ1) is 13.7. The van der Waals surface area contributed by atoms with Crippen LogP contribution in [0.15, 0.2) is 73.3 Å². The van der Waals surface area contributed by atoms with Crippen LogP contribution in [0.25, 0.3) is 43.8 Å². The van der Waals surface area contributed by atoms with Crippen LogP contribution in [-0.2, 0) is 0 Å². The molecule has 0 spiro atoms. The smallest absolute Gasteiger partial charge is 0.219 e. The Labute approximate surface area is 160 Å². The van der Waals surface area contributed by atoms with Gasteiger partial charge in [-0.15, -0.1) is 0 Å². The fraction of sp³-hybridized carbons (Fsp3) is 0. The molecule has 6 nitrogen and oxygen atoms in total. The van der Waals surface area contributed by atoms with E-state index < -0.39 is 0 Å². The summed E-state index contributed by atoms with van der Waals surface area (Å²) in [4.78, 5) is 16.8. The number of hydrogen-bond acceptors (Lipinski definition) is 6. The lowest BCUT2D eigenvalue weighted by molar-refractivity contribution is 1.19. The molecule has 0 bridgehead atoms. The molecule has 5 aromatic rings. The van der Waals surface area contributed by atoms with Gasteiger partial charge in [-0.25, -0.2) is 19.9 Å². The maximum absolute atomic E-state index is 5.70. The van der Waals surface area contributed by atoms with Crippen molar-refractivity contribution < 1.29 is 0 Å². The summed E-state index contributed by atoms with van der Waals surface area (Å²) in [5.41, 5.74) is 15.4. The van der Waals surface area contributed by atoms with E-state index in [-0.39, 0.29) is 11.9 Å². The molecule has 0 unspecified atom stereocenters. The van der Waals surface area contributed by atoms with Crippen LogP contribution in [-0.4, -0.2) is 19.9 Å². The van der Waals surface area contributed by atoms with Gasteiger partial charge in [0.2, 0.25) is 11.9 Å². The van der Waals surface area contributed by atoms with E-state index in [0.717, 1.165) is 43.8 Å². The number of anilines is 2. The number of fused-ring (bicyclic) bond motifs is 2. The van der Waals surface area contributed by atoms with Gasteiger partial charge >= 0.3 is 0 Å². The second-order valence-electron chi connectivity index (χ2n) is 6.50. The molecule has 0 aliphatic carbocycles. The molecule has 0 radical (unpaired) electrons. The van der Waals surface area contributed by atoms with Gasteiger partial charge in [0.05, 0.1) is 0 Å². The van der Waals surface area contributed by atoms with Crippen molar-refractivity contribution in [1.29, 1.82) is 0 Å². The van der Waals surface area contributed by atoms with Crippen LogP contribution in [0, 0.1) is 0 Å². The van der Waals surface area contributed by atoms with Gasteiger partial charge in [0.1, 0.15) is 0 Å². The highest BCUT2D eigenvalue weighted by atomic mass is 15.0. The van der Waals surface area contributed by atoms with Crippen molar-refractivity contribution in [2.75, 3.05) is 11.5 Å². The number of nitrogens with two attached hydrogens (primary N) is 2. The molecular formula is C22H16N6. The van der Waals surface area contributed by atoms with Gasteiger partial charge in [0, 0.05) is 47.0 Å². The summed E-state index contributed by atoms with van der Waals surface area (Å²) >= 11 is 0. The summed E-state index contributed by atoms with van der Waals surface area (Å²) in [6.07, 6.45) is 7.07. The van der Waals surface area contributed by atoms with E-state index in [2.05, 4.69) is 44.2 Å². The van der Waals surface area contributed by atoms with Crippen LogP contribution in [0.2, 0.25) is 0 Å². The van der Waals surface area contributed by atoms with Gasteiger partial charge in [-0.2, -0.15) is 0 Å². The molecule has 3 aromatic carbocycles. The SMILES string of the molecule is Nc1ncc(-c2c3ccccc3c(-c3cnc(N)nc3)c3ccccc23)cn1. The minimum Gasteiger partial charge on any atom is -0.368 e. The predicted molar refractivity (Wildman–Crippen MR) is 112 cm³/mol. The average molecular weight is 364 g/mol. The van der Waals surface area contributed by atoms with Crippen LogP contribution in [0.1, 0.15) is 0 Å². The molecule has 0 aliphatic heterocycles. The lowest BCUT2D eigenvalue weighted by Crippen LogP contribution is -1.97. The first-order valence-electron chi connectivity index (χ1n) is 8.81. The number of nitrogen functional groups attached to an aromatic ring is 2. The summed E-state index contributed by atoms with van der Waals surface area (Å²) < 4.78 is 0. The molecule has 4 N–H and O–H groups in total. The molecular weight excluding hydrogens is 348 g/mol. The first kappa shape index (κ1) is 16.1. The number of nitrogens with zero attached hydrogens (tertiary/aromatic N) is 4. The van der Waals surface area contributed by atoms with E-state index in [1.807, 2.05) is 24.3 Å². The van der Waals surface area contributed by atoms with Crippen molar-refractivity contribution in [1.82, 2.24) is 19.9 Å². The standard InChI is InChI=1S/C22H16N6/c23-21-25-9-13(10-26-21)19-15-5-1-2-6-16(15)20(14-11-27-22(24)28-12-14)18-8-4-3-7-17(18)19/h1-12H,(H2,23,25,26)(H2,24,27,28). The summed E-state index contributed by atoms with van der Waals surface area (Å²) in [6.45, 7) is 0. The van der Waals surface area contributed by atoms with Gasteiger partial charge in [-0.05, 0) is 21.5 Å². The monoisotopic (exact) mass is 364 g/mol. The number of aromatic nitrogens is 4. The summed E-state index contributed by atoms with van der Waals surface area (Å²) in [5, 5.41) is 4.39. The lowest BCUT2D eigenvalue weighted by Gasteiger charge is -2.17. The Bertz CT molecular complexity index is 1150. The van der Waals surface area contributed by atoms with Crippen molar-refractivity contribution in [2.24, 2.45) is 0 Å². The highest BCUT2D eigenvalue weighted by Crippen LogP contribution is 2.42. The van der Waals surface area contributed by atoms with E-state index >= 15 is 0 Å². The zero-order valence-electron chi connectivity index (χ0n) is 14.9. The van der Waals surface area contributed by atoms with Crippen molar-refractivity contribution in [3.05, 3.63) is 73.3 Å². The fourth-order valence-corrected chi connectivity index (χ4v) is 3.68. The summed E-state index contributed by atoms with van der Waals surface area (Å²) in [5.74, 6) is 0.515. The van der Waals surface area contributed by atoms with E-state index in [9.17, 15) is 0 Å². The highest BCUT2D eigenvalue weighted by molar-refractivity contribution is 6.21. The Morgan fingerprint density at radius 3 is 1.04 bits per heavy atom. The molecule has 6 heteroatoms. The Morgan fingerprint density at radius 1 is 0.464 bits per heavy atom. The Morgan fingerprint density at radius 2 is 0.750 bits per heavy atom. The summed E-state index contributed by atoms with van der Waals surface area (Å²) in [6, 6.07) is 16.5. The van der Waals surface area contributed by atoms with Crippen molar-refractivity contribution >= 4 is 33.4 Å². The van der Waals surface area contributed by atoms with Gasteiger partial charge in [0.15, 0.2) is 0 Å². The second kappa shape index (κ2) is 6.28. The van der Waals surface area contributed by atoms with E-state index in [1.165, 1.54) is 0 Å². The largest absolute Gasteiger partial charge is 0.368 e. The zero-order valence-corrected chi connectivity index (χ0v) is 14.9. The van der Waals surface area contributed by atoms with Crippen molar-refractivity contribution in [2.45, 2.75) is 0 Å². The Balaban J connectivity index is 1.96. The normalized spacial score (nSPS) is 11.1. The second-order valence-corrected chi connectivity index (χ2v) is 6.50. The quantitative estimate of drug-likeness (QED) is 0.458. The maximum atomic E-state index is 5.70. The topological polar surface area (TPSA) is 104 Å². The van der Waals surface area contributed by atoms with Gasteiger partial charge < -0.3 is 11.5 Å². The minimum atomic E-state index is 0.257. The molecule has 28 heavy (non-hydrogen) atoms. The predicted octanol–water partition coefficient (Wildman–Crippen LogP) is 4.07. The zero-order chi connectivity index (χ0) is 19.1. The molecule has 5 rings (SSSR count). The lowest BCUT2D eigenvalue weighted by atomic mass is 9.87. The van der Waals surface area contributed by atoms with Crippen LogP contribution in [0.5, 0.6) is 0 Å². The molecule has 134 valence electrons.